The van der Waals surface area contributed by atoms with E-state index in [4.69, 9.17) is 4.74 Å². The van der Waals surface area contributed by atoms with E-state index >= 15 is 0 Å². The first-order chi connectivity index (χ1) is 6.90. The average molecular weight is 187 g/mol. The molecular weight excluding hydrogens is 174 g/mol. The molecule has 1 aromatic heterocycles. The molecule has 0 N–H and O–H groups in total. The molecule has 2 aromatic rings. The van der Waals surface area contributed by atoms with Gasteiger partial charge in [-0.3, -0.25) is 0 Å². The zero-order chi connectivity index (χ0) is 9.54. The van der Waals surface area contributed by atoms with Gasteiger partial charge in [-0.15, -0.1) is 0 Å². The molecule has 0 radical (unpaired) electrons. The second-order valence-electron chi connectivity index (χ2n) is 3.85. The minimum Gasteiger partial charge on any atom is -0.495 e. The number of fused-ring (bicyclic) bond motifs is 1. The number of rotatable bonds is 2. The summed E-state index contributed by atoms with van der Waals surface area (Å²) in [7, 11) is 1.74. The largest absolute Gasteiger partial charge is 0.495 e. The van der Waals surface area contributed by atoms with E-state index in [9.17, 15) is 0 Å². The number of ether oxygens (including phenoxy) is 1. The van der Waals surface area contributed by atoms with E-state index in [2.05, 4.69) is 22.9 Å². The van der Waals surface area contributed by atoms with Crippen LogP contribution in [0.25, 0.3) is 10.9 Å². The topological polar surface area (TPSA) is 14.2 Å². The second kappa shape index (κ2) is 2.77. The Hall–Kier alpha value is -1.44. The van der Waals surface area contributed by atoms with Crippen LogP contribution in [0, 0.1) is 0 Å². The van der Waals surface area contributed by atoms with Crippen molar-refractivity contribution in [2.45, 2.75) is 18.9 Å². The molecule has 0 bridgehead atoms. The molecule has 3 rings (SSSR count). The van der Waals surface area contributed by atoms with Crippen LogP contribution in [0.1, 0.15) is 18.9 Å². The van der Waals surface area contributed by atoms with Crippen LogP contribution in [0.15, 0.2) is 30.5 Å². The lowest BCUT2D eigenvalue weighted by atomic mass is 10.2. The number of hydrogen-bond donors (Lipinski definition) is 0. The van der Waals surface area contributed by atoms with Gasteiger partial charge in [0.15, 0.2) is 0 Å². The van der Waals surface area contributed by atoms with Gasteiger partial charge in [-0.1, -0.05) is 12.1 Å². The number of hydrogen-bond acceptors (Lipinski definition) is 1. The van der Waals surface area contributed by atoms with E-state index < -0.39 is 0 Å². The Morgan fingerprint density at radius 3 is 2.86 bits per heavy atom. The molecule has 1 saturated carbocycles. The molecule has 1 heterocycles. The molecule has 0 unspecified atom stereocenters. The van der Waals surface area contributed by atoms with Crippen molar-refractivity contribution in [1.29, 1.82) is 0 Å². The van der Waals surface area contributed by atoms with Crippen molar-refractivity contribution >= 4 is 10.9 Å². The number of aromatic nitrogens is 1. The Morgan fingerprint density at radius 1 is 1.29 bits per heavy atom. The highest BCUT2D eigenvalue weighted by molar-refractivity contribution is 5.86. The number of benzene rings is 1. The molecule has 1 aliphatic rings. The summed E-state index contributed by atoms with van der Waals surface area (Å²) in [5.74, 6) is 0.986. The van der Waals surface area contributed by atoms with Gasteiger partial charge < -0.3 is 9.30 Å². The highest BCUT2D eigenvalue weighted by atomic mass is 16.5. The Kier molecular flexibility index (Phi) is 1.57. The van der Waals surface area contributed by atoms with Gasteiger partial charge in [0.1, 0.15) is 5.75 Å². The molecule has 0 amide bonds. The highest BCUT2D eigenvalue weighted by Gasteiger charge is 2.25. The third-order valence-electron chi connectivity index (χ3n) is 2.86. The van der Waals surface area contributed by atoms with Crippen LogP contribution in [0.2, 0.25) is 0 Å². The summed E-state index contributed by atoms with van der Waals surface area (Å²) in [5, 5.41) is 1.27. The number of nitrogens with zero attached hydrogens (tertiary/aromatic N) is 1. The van der Waals surface area contributed by atoms with Gasteiger partial charge in [0.05, 0.1) is 12.6 Å². The third kappa shape index (κ3) is 1.03. The van der Waals surface area contributed by atoms with Crippen molar-refractivity contribution < 1.29 is 4.74 Å². The molecule has 0 spiro atoms. The maximum atomic E-state index is 5.38. The highest BCUT2D eigenvalue weighted by Crippen LogP contribution is 2.40. The van der Waals surface area contributed by atoms with E-state index in [1.807, 2.05) is 12.1 Å². The van der Waals surface area contributed by atoms with Gasteiger partial charge in [-0.05, 0) is 25.0 Å². The molecule has 1 aliphatic carbocycles. The summed E-state index contributed by atoms with van der Waals surface area (Å²) in [4.78, 5) is 0. The first kappa shape index (κ1) is 7.92. The van der Waals surface area contributed by atoms with Gasteiger partial charge >= 0.3 is 0 Å². The van der Waals surface area contributed by atoms with Crippen LogP contribution in [0.5, 0.6) is 5.75 Å². The van der Waals surface area contributed by atoms with Crippen LogP contribution >= 0.6 is 0 Å². The second-order valence-corrected chi connectivity index (χ2v) is 3.85. The van der Waals surface area contributed by atoms with Crippen molar-refractivity contribution in [2.24, 2.45) is 0 Å². The van der Waals surface area contributed by atoms with E-state index in [0.29, 0.717) is 6.04 Å². The lowest BCUT2D eigenvalue weighted by molar-refractivity contribution is 0.417. The molecule has 0 saturated heterocycles. The van der Waals surface area contributed by atoms with Gasteiger partial charge in [0.2, 0.25) is 0 Å². The Labute approximate surface area is 83.1 Å². The maximum Gasteiger partial charge on any atom is 0.143 e. The predicted octanol–water partition coefficient (Wildman–Crippen LogP) is 2.98. The van der Waals surface area contributed by atoms with Crippen molar-refractivity contribution in [2.75, 3.05) is 7.11 Å². The zero-order valence-corrected chi connectivity index (χ0v) is 8.23. The molecule has 2 heteroatoms. The fourth-order valence-electron chi connectivity index (χ4n) is 2.01. The van der Waals surface area contributed by atoms with Crippen LogP contribution in [-0.2, 0) is 0 Å². The fourth-order valence-corrected chi connectivity index (χ4v) is 2.01. The fraction of sp³-hybridized carbons (Fsp3) is 0.333. The van der Waals surface area contributed by atoms with Gasteiger partial charge in [0.25, 0.3) is 0 Å². The van der Waals surface area contributed by atoms with E-state index in [-0.39, 0.29) is 0 Å². The molecule has 1 aromatic carbocycles. The summed E-state index contributed by atoms with van der Waals surface area (Å²) in [6, 6.07) is 9.08. The monoisotopic (exact) mass is 187 g/mol. The first-order valence-electron chi connectivity index (χ1n) is 5.03. The van der Waals surface area contributed by atoms with Crippen molar-refractivity contribution in [3.63, 3.8) is 0 Å². The summed E-state index contributed by atoms with van der Waals surface area (Å²) < 4.78 is 7.72. The van der Waals surface area contributed by atoms with E-state index in [1.165, 1.54) is 23.7 Å². The van der Waals surface area contributed by atoms with E-state index in [0.717, 1.165) is 5.75 Å². The minimum atomic E-state index is 0.712. The molecule has 0 atom stereocenters. The van der Waals surface area contributed by atoms with E-state index in [1.54, 1.807) is 7.11 Å². The standard InChI is InChI=1S/C12H13NO/c1-14-11-4-2-3-9-7-8-13(12(9)11)10-5-6-10/h2-4,7-8,10H,5-6H2,1H3. The van der Waals surface area contributed by atoms with Crippen LogP contribution in [0.4, 0.5) is 0 Å². The molecule has 14 heavy (non-hydrogen) atoms. The third-order valence-corrected chi connectivity index (χ3v) is 2.86. The lowest BCUT2D eigenvalue weighted by Crippen LogP contribution is -1.93. The summed E-state index contributed by atoms with van der Waals surface area (Å²) >= 11 is 0. The lowest BCUT2D eigenvalue weighted by Gasteiger charge is -2.07. The van der Waals surface area contributed by atoms with Crippen LogP contribution in [-0.4, -0.2) is 11.7 Å². The minimum absolute atomic E-state index is 0.712. The normalized spacial score (nSPS) is 16.1. The molecule has 2 nitrogen and oxygen atoms in total. The first-order valence-corrected chi connectivity index (χ1v) is 5.03. The molecular formula is C12H13NO. The summed E-state index contributed by atoms with van der Waals surface area (Å²) in [6.45, 7) is 0. The predicted molar refractivity (Wildman–Crippen MR) is 56.8 cm³/mol. The van der Waals surface area contributed by atoms with Gasteiger partial charge in [-0.25, -0.2) is 0 Å². The van der Waals surface area contributed by atoms with Crippen LogP contribution < -0.4 is 4.74 Å². The van der Waals surface area contributed by atoms with Crippen molar-refractivity contribution in [1.82, 2.24) is 4.57 Å². The van der Waals surface area contributed by atoms with Gasteiger partial charge in [0, 0.05) is 17.6 Å². The molecule has 0 aliphatic heterocycles. The van der Waals surface area contributed by atoms with Crippen molar-refractivity contribution in [3.8, 4) is 5.75 Å². The van der Waals surface area contributed by atoms with Gasteiger partial charge in [-0.2, -0.15) is 0 Å². The zero-order valence-electron chi connectivity index (χ0n) is 8.23. The molecule has 1 fully saturated rings. The summed E-state index contributed by atoms with van der Waals surface area (Å²) in [6.07, 6.45) is 4.79. The Morgan fingerprint density at radius 2 is 2.14 bits per heavy atom. The SMILES string of the molecule is COc1cccc2ccn(C3CC3)c12. The summed E-state index contributed by atoms with van der Waals surface area (Å²) in [5.41, 5.74) is 1.25. The van der Waals surface area contributed by atoms with Crippen LogP contribution in [0.3, 0.4) is 0 Å². The maximum absolute atomic E-state index is 5.38. The number of para-hydroxylation sites is 1. The smallest absolute Gasteiger partial charge is 0.143 e. The quantitative estimate of drug-likeness (QED) is 0.705. The number of methoxy groups -OCH3 is 1. The Bertz CT molecular complexity index is 468. The molecule has 72 valence electrons. The Balaban J connectivity index is 2.29. The van der Waals surface area contributed by atoms with Crippen molar-refractivity contribution in [3.05, 3.63) is 30.5 Å². The average Bonchev–Trinajstić information content (AvgIpc) is 2.97.